The van der Waals surface area contributed by atoms with Crippen LogP contribution in [-0.2, 0) is 12.3 Å². The number of nitrogens with zero attached hydrogens (tertiary/aromatic N) is 3. The van der Waals surface area contributed by atoms with Gasteiger partial charge in [-0.25, -0.2) is 4.98 Å². The monoisotopic (exact) mass is 387 g/mol. The van der Waals surface area contributed by atoms with Crippen molar-refractivity contribution in [3.05, 3.63) is 88.2 Å². The standard InChI is InChI=1S/C24H25N3S/c1-16-11-18(3)21(19(4)12-16)14-27-23-13-25-10-9-22(23)26-24(27)28-15-20-8-6-5-7-17(20)2/h5-13H,14-15H2,1-4H3. The van der Waals surface area contributed by atoms with E-state index in [1.807, 2.05) is 18.5 Å². The fourth-order valence-electron chi connectivity index (χ4n) is 3.74. The number of benzene rings is 2. The molecule has 142 valence electrons. The number of aromatic nitrogens is 3. The molecule has 0 aliphatic carbocycles. The van der Waals surface area contributed by atoms with Gasteiger partial charge in [0.2, 0.25) is 0 Å². The normalized spacial score (nSPS) is 11.3. The number of pyridine rings is 1. The van der Waals surface area contributed by atoms with Crippen molar-refractivity contribution in [2.24, 2.45) is 0 Å². The summed E-state index contributed by atoms with van der Waals surface area (Å²) in [6.07, 6.45) is 3.75. The van der Waals surface area contributed by atoms with Crippen molar-refractivity contribution in [3.63, 3.8) is 0 Å². The van der Waals surface area contributed by atoms with Crippen molar-refractivity contribution in [2.75, 3.05) is 0 Å². The molecule has 0 aliphatic rings. The van der Waals surface area contributed by atoms with Gasteiger partial charge in [-0.15, -0.1) is 0 Å². The average molecular weight is 388 g/mol. The number of aryl methyl sites for hydroxylation is 4. The zero-order valence-corrected chi connectivity index (χ0v) is 17.7. The van der Waals surface area contributed by atoms with Crippen LogP contribution in [0.4, 0.5) is 0 Å². The van der Waals surface area contributed by atoms with Crippen LogP contribution in [0.5, 0.6) is 0 Å². The lowest BCUT2D eigenvalue weighted by Gasteiger charge is -2.15. The summed E-state index contributed by atoms with van der Waals surface area (Å²) in [4.78, 5) is 9.27. The Labute approximate surface area is 170 Å². The van der Waals surface area contributed by atoms with E-state index in [1.54, 1.807) is 11.8 Å². The topological polar surface area (TPSA) is 30.7 Å². The number of hydrogen-bond donors (Lipinski definition) is 0. The molecule has 0 atom stereocenters. The fraction of sp³-hybridized carbons (Fsp3) is 0.250. The number of fused-ring (bicyclic) bond motifs is 1. The number of rotatable bonds is 5. The molecular weight excluding hydrogens is 362 g/mol. The maximum atomic E-state index is 4.92. The summed E-state index contributed by atoms with van der Waals surface area (Å²) in [5.41, 5.74) is 10.1. The Bertz CT molecular complexity index is 1120. The molecule has 0 N–H and O–H groups in total. The van der Waals surface area contributed by atoms with Crippen LogP contribution in [0.2, 0.25) is 0 Å². The van der Waals surface area contributed by atoms with Gasteiger partial charge in [0.15, 0.2) is 5.16 Å². The highest BCUT2D eigenvalue weighted by atomic mass is 32.2. The Kier molecular flexibility index (Phi) is 5.23. The van der Waals surface area contributed by atoms with Crippen molar-refractivity contribution in [1.82, 2.24) is 14.5 Å². The summed E-state index contributed by atoms with van der Waals surface area (Å²) >= 11 is 1.80. The molecule has 4 aromatic rings. The first-order chi connectivity index (χ1) is 13.5. The molecular formula is C24H25N3S. The number of hydrogen-bond acceptors (Lipinski definition) is 3. The molecule has 2 aromatic heterocycles. The highest BCUT2D eigenvalue weighted by Gasteiger charge is 2.14. The molecule has 4 heteroatoms. The Morgan fingerprint density at radius 1 is 0.929 bits per heavy atom. The maximum absolute atomic E-state index is 4.92. The maximum Gasteiger partial charge on any atom is 0.169 e. The summed E-state index contributed by atoms with van der Waals surface area (Å²) in [6, 6.07) is 15.1. The first-order valence-corrected chi connectivity index (χ1v) is 10.6. The van der Waals surface area contributed by atoms with E-state index in [2.05, 4.69) is 73.6 Å². The SMILES string of the molecule is Cc1cc(C)c(Cn2c(SCc3ccccc3C)nc3ccncc32)c(C)c1. The molecule has 0 fully saturated rings. The van der Waals surface area contributed by atoms with Crippen molar-refractivity contribution >= 4 is 22.8 Å². The molecule has 28 heavy (non-hydrogen) atoms. The molecule has 0 saturated carbocycles. The van der Waals surface area contributed by atoms with Gasteiger partial charge in [0.1, 0.15) is 0 Å². The molecule has 4 rings (SSSR count). The minimum absolute atomic E-state index is 0.816. The molecule has 0 saturated heterocycles. The average Bonchev–Trinajstić information content (AvgIpc) is 3.01. The molecule has 0 radical (unpaired) electrons. The van der Waals surface area contributed by atoms with E-state index in [0.29, 0.717) is 0 Å². The second kappa shape index (κ2) is 7.80. The fourth-order valence-corrected chi connectivity index (χ4v) is 4.83. The second-order valence-corrected chi connectivity index (χ2v) is 8.38. The lowest BCUT2D eigenvalue weighted by atomic mass is 10.00. The van der Waals surface area contributed by atoms with Crippen molar-refractivity contribution in [3.8, 4) is 0 Å². The highest BCUT2D eigenvalue weighted by molar-refractivity contribution is 7.98. The Morgan fingerprint density at radius 2 is 1.68 bits per heavy atom. The molecule has 2 heterocycles. The molecule has 2 aromatic carbocycles. The molecule has 3 nitrogen and oxygen atoms in total. The Hall–Kier alpha value is -2.59. The summed E-state index contributed by atoms with van der Waals surface area (Å²) in [6.45, 7) is 9.54. The van der Waals surface area contributed by atoms with E-state index in [4.69, 9.17) is 4.98 Å². The lowest BCUT2D eigenvalue weighted by molar-refractivity contribution is 0.723. The number of thioether (sulfide) groups is 1. The molecule has 0 spiro atoms. The third kappa shape index (κ3) is 3.69. The van der Waals surface area contributed by atoms with E-state index in [1.165, 1.54) is 33.4 Å². The van der Waals surface area contributed by atoms with E-state index in [9.17, 15) is 0 Å². The first-order valence-electron chi connectivity index (χ1n) is 9.57. The third-order valence-electron chi connectivity index (χ3n) is 5.29. The van der Waals surface area contributed by atoms with Crippen LogP contribution in [-0.4, -0.2) is 14.5 Å². The van der Waals surface area contributed by atoms with E-state index < -0.39 is 0 Å². The van der Waals surface area contributed by atoms with Gasteiger partial charge in [-0.1, -0.05) is 53.7 Å². The summed E-state index contributed by atoms with van der Waals surface area (Å²) in [5, 5.41) is 1.05. The van der Waals surface area contributed by atoms with Gasteiger partial charge in [-0.3, -0.25) is 4.98 Å². The lowest BCUT2D eigenvalue weighted by Crippen LogP contribution is -2.06. The summed E-state index contributed by atoms with van der Waals surface area (Å²) in [7, 11) is 0. The van der Waals surface area contributed by atoms with E-state index in [0.717, 1.165) is 28.5 Å². The van der Waals surface area contributed by atoms with Crippen molar-refractivity contribution in [1.29, 1.82) is 0 Å². The van der Waals surface area contributed by atoms with Crippen LogP contribution >= 0.6 is 11.8 Å². The van der Waals surface area contributed by atoms with Gasteiger partial charge in [0.25, 0.3) is 0 Å². The molecule has 0 unspecified atom stereocenters. The molecule has 0 bridgehead atoms. The van der Waals surface area contributed by atoms with Crippen LogP contribution in [0, 0.1) is 27.7 Å². The Balaban J connectivity index is 1.73. The third-order valence-corrected chi connectivity index (χ3v) is 6.32. The van der Waals surface area contributed by atoms with E-state index in [-0.39, 0.29) is 0 Å². The summed E-state index contributed by atoms with van der Waals surface area (Å²) in [5.74, 6) is 0.912. The minimum atomic E-state index is 0.816. The second-order valence-electron chi connectivity index (χ2n) is 7.44. The summed E-state index contributed by atoms with van der Waals surface area (Å²) < 4.78 is 2.32. The highest BCUT2D eigenvalue weighted by Crippen LogP contribution is 2.29. The first kappa shape index (κ1) is 18.8. The molecule has 0 amide bonds. The quantitative estimate of drug-likeness (QED) is 0.393. The van der Waals surface area contributed by atoms with Crippen LogP contribution in [0.3, 0.4) is 0 Å². The van der Waals surface area contributed by atoms with E-state index >= 15 is 0 Å². The zero-order chi connectivity index (χ0) is 19.7. The number of imidazole rings is 1. The van der Waals surface area contributed by atoms with Crippen molar-refractivity contribution < 1.29 is 0 Å². The van der Waals surface area contributed by atoms with Crippen LogP contribution in [0.15, 0.2) is 60.0 Å². The smallest absolute Gasteiger partial charge is 0.169 e. The van der Waals surface area contributed by atoms with Gasteiger partial charge in [-0.2, -0.15) is 0 Å². The van der Waals surface area contributed by atoms with Crippen molar-refractivity contribution in [2.45, 2.75) is 45.1 Å². The largest absolute Gasteiger partial charge is 0.313 e. The van der Waals surface area contributed by atoms with Crippen LogP contribution in [0.1, 0.15) is 33.4 Å². The van der Waals surface area contributed by atoms with Crippen LogP contribution < -0.4 is 0 Å². The Morgan fingerprint density at radius 3 is 2.43 bits per heavy atom. The van der Waals surface area contributed by atoms with Gasteiger partial charge >= 0.3 is 0 Å². The van der Waals surface area contributed by atoms with Gasteiger partial charge in [-0.05, 0) is 61.6 Å². The van der Waals surface area contributed by atoms with Crippen LogP contribution in [0.25, 0.3) is 11.0 Å². The van der Waals surface area contributed by atoms with Gasteiger partial charge < -0.3 is 4.57 Å². The van der Waals surface area contributed by atoms with Gasteiger partial charge in [0, 0.05) is 11.9 Å². The zero-order valence-electron chi connectivity index (χ0n) is 16.9. The van der Waals surface area contributed by atoms with Gasteiger partial charge in [0.05, 0.1) is 23.8 Å². The minimum Gasteiger partial charge on any atom is -0.313 e. The molecule has 0 aliphatic heterocycles. The predicted molar refractivity (Wildman–Crippen MR) is 118 cm³/mol. The predicted octanol–water partition coefficient (Wildman–Crippen LogP) is 6.01.